The Hall–Kier alpha value is -1.30. The molecule has 2 saturated heterocycles. The quantitative estimate of drug-likeness (QED) is 0.879. The van der Waals surface area contributed by atoms with Crippen LogP contribution in [-0.2, 0) is 4.79 Å². The molecule has 2 aliphatic heterocycles. The van der Waals surface area contributed by atoms with Crippen LogP contribution in [-0.4, -0.2) is 42.1 Å². The highest BCUT2D eigenvalue weighted by Crippen LogP contribution is 2.33. The Morgan fingerprint density at radius 2 is 1.92 bits per heavy atom. The maximum atomic E-state index is 12.8. The lowest BCUT2D eigenvalue weighted by atomic mass is 9.95. The summed E-state index contributed by atoms with van der Waals surface area (Å²) >= 11 is 6.16. The number of nitrogens with one attached hydrogen (secondary N) is 2. The predicted octanol–water partition coefficient (Wildman–Crippen LogP) is 2.35. The van der Waals surface area contributed by atoms with E-state index < -0.39 is 0 Å². The maximum Gasteiger partial charge on any atom is 0.241 e. The zero-order valence-electron chi connectivity index (χ0n) is 13.7. The van der Waals surface area contributed by atoms with E-state index in [1.165, 1.54) is 12.8 Å². The first-order valence-electron chi connectivity index (χ1n) is 8.93. The molecule has 1 amide bonds. The van der Waals surface area contributed by atoms with Crippen molar-refractivity contribution in [3.8, 4) is 5.75 Å². The maximum absolute atomic E-state index is 12.8. The molecule has 2 heterocycles. The van der Waals surface area contributed by atoms with Crippen LogP contribution in [0.2, 0.25) is 5.02 Å². The number of amides is 1. The van der Waals surface area contributed by atoms with Crippen molar-refractivity contribution in [2.75, 3.05) is 13.1 Å². The fourth-order valence-electron chi connectivity index (χ4n) is 4.23. The van der Waals surface area contributed by atoms with Gasteiger partial charge in [-0.2, -0.15) is 0 Å². The molecule has 0 bridgehead atoms. The van der Waals surface area contributed by atoms with E-state index in [9.17, 15) is 4.79 Å². The van der Waals surface area contributed by atoms with Gasteiger partial charge in [-0.3, -0.25) is 10.2 Å². The molecule has 2 N–H and O–H groups in total. The summed E-state index contributed by atoms with van der Waals surface area (Å²) in [5.41, 5.74) is 6.52. The number of hydrogen-bond donors (Lipinski definition) is 2. The molecule has 3 aliphatic rings. The van der Waals surface area contributed by atoms with Gasteiger partial charge in [-0.15, -0.1) is 0 Å². The molecule has 130 valence electrons. The van der Waals surface area contributed by atoms with Crippen LogP contribution in [0.1, 0.15) is 32.1 Å². The fraction of sp³-hybridized carbons (Fsp3) is 0.611. The predicted molar refractivity (Wildman–Crippen MR) is 92.9 cm³/mol. The number of likely N-dealkylation sites (tertiary alicyclic amines) is 1. The molecule has 6 heteroatoms. The molecule has 0 spiro atoms. The Balaban J connectivity index is 1.31. The molecule has 24 heavy (non-hydrogen) atoms. The summed E-state index contributed by atoms with van der Waals surface area (Å²) in [6, 6.07) is 7.98. The number of nitrogens with zero attached hydrogens (tertiary/aromatic N) is 1. The van der Waals surface area contributed by atoms with E-state index >= 15 is 0 Å². The summed E-state index contributed by atoms with van der Waals surface area (Å²) in [5.74, 6) is 1.43. The normalized spacial score (nSPS) is 30.4. The van der Waals surface area contributed by atoms with Gasteiger partial charge < -0.3 is 9.64 Å². The third-order valence-corrected chi connectivity index (χ3v) is 5.88. The number of piperidine rings is 1. The summed E-state index contributed by atoms with van der Waals surface area (Å²) in [4.78, 5) is 14.8. The van der Waals surface area contributed by atoms with E-state index in [4.69, 9.17) is 16.3 Å². The summed E-state index contributed by atoms with van der Waals surface area (Å²) in [5, 5.41) is 0.643. The van der Waals surface area contributed by atoms with Gasteiger partial charge in [0.05, 0.1) is 5.02 Å². The number of para-hydroxylation sites is 1. The number of fused-ring (bicyclic) bond motifs is 1. The smallest absolute Gasteiger partial charge is 0.241 e. The van der Waals surface area contributed by atoms with E-state index in [0.29, 0.717) is 17.0 Å². The zero-order chi connectivity index (χ0) is 16.5. The second-order valence-electron chi connectivity index (χ2n) is 7.04. The van der Waals surface area contributed by atoms with Crippen LogP contribution in [0.5, 0.6) is 5.75 Å². The zero-order valence-corrected chi connectivity index (χ0v) is 14.5. The van der Waals surface area contributed by atoms with Crippen LogP contribution < -0.4 is 15.6 Å². The van der Waals surface area contributed by atoms with Gasteiger partial charge in [0.25, 0.3) is 0 Å². The lowest BCUT2D eigenvalue weighted by Crippen LogP contribution is -2.51. The molecule has 1 aromatic rings. The minimum absolute atomic E-state index is 0.0569. The van der Waals surface area contributed by atoms with Gasteiger partial charge in [0.15, 0.2) is 0 Å². The molecule has 0 aromatic heterocycles. The number of carbonyl (C=O) groups excluding carboxylic acids is 1. The minimum atomic E-state index is -0.0569. The van der Waals surface area contributed by atoms with Crippen molar-refractivity contribution < 1.29 is 9.53 Å². The number of rotatable bonds is 3. The van der Waals surface area contributed by atoms with Gasteiger partial charge in [-0.05, 0) is 25.0 Å². The molecule has 1 aromatic carbocycles. The highest BCUT2D eigenvalue weighted by atomic mass is 35.5. The standard InChI is InChI=1S/C18H24ClN3O2/c19-14-5-1-2-7-16(14)24-12-8-10-22(11-9-12)18(23)17-13-4-3-6-15(13)20-21-17/h1-2,5,7,12-13,15,17,20-21H,3-4,6,8-11H2. The van der Waals surface area contributed by atoms with Crippen LogP contribution in [0.3, 0.4) is 0 Å². The monoisotopic (exact) mass is 349 g/mol. The first-order chi connectivity index (χ1) is 11.7. The van der Waals surface area contributed by atoms with E-state index in [1.54, 1.807) is 0 Å². The van der Waals surface area contributed by atoms with Crippen LogP contribution in [0.25, 0.3) is 0 Å². The third kappa shape index (κ3) is 3.13. The highest BCUT2D eigenvalue weighted by Gasteiger charge is 2.44. The summed E-state index contributed by atoms with van der Waals surface area (Å²) < 4.78 is 6.01. The van der Waals surface area contributed by atoms with Crippen LogP contribution in [0, 0.1) is 5.92 Å². The van der Waals surface area contributed by atoms with Gasteiger partial charge in [0.1, 0.15) is 17.9 Å². The number of hydrogen-bond acceptors (Lipinski definition) is 4. The van der Waals surface area contributed by atoms with E-state index in [2.05, 4.69) is 10.9 Å². The van der Waals surface area contributed by atoms with E-state index in [-0.39, 0.29) is 18.1 Å². The lowest BCUT2D eigenvalue weighted by molar-refractivity contribution is -0.136. The summed E-state index contributed by atoms with van der Waals surface area (Å²) in [7, 11) is 0. The molecular weight excluding hydrogens is 326 g/mol. The lowest BCUT2D eigenvalue weighted by Gasteiger charge is -2.34. The number of ether oxygens (including phenoxy) is 1. The first-order valence-corrected chi connectivity index (χ1v) is 9.31. The van der Waals surface area contributed by atoms with Crippen molar-refractivity contribution in [1.82, 2.24) is 15.8 Å². The summed E-state index contributed by atoms with van der Waals surface area (Å²) in [6.45, 7) is 1.51. The van der Waals surface area contributed by atoms with Crippen molar-refractivity contribution in [2.24, 2.45) is 5.92 Å². The fourth-order valence-corrected chi connectivity index (χ4v) is 4.41. The second kappa shape index (κ2) is 6.90. The van der Waals surface area contributed by atoms with Crippen LogP contribution in [0.4, 0.5) is 0 Å². The van der Waals surface area contributed by atoms with E-state index in [0.717, 1.165) is 38.1 Å². The molecule has 3 atom stereocenters. The number of carbonyl (C=O) groups is 1. The van der Waals surface area contributed by atoms with Gasteiger partial charge >= 0.3 is 0 Å². The van der Waals surface area contributed by atoms with Gasteiger partial charge in [-0.1, -0.05) is 30.2 Å². The van der Waals surface area contributed by atoms with Crippen molar-refractivity contribution in [2.45, 2.75) is 50.3 Å². The minimum Gasteiger partial charge on any atom is -0.489 e. The largest absolute Gasteiger partial charge is 0.489 e. The highest BCUT2D eigenvalue weighted by molar-refractivity contribution is 6.32. The molecule has 3 unspecified atom stereocenters. The molecule has 5 nitrogen and oxygen atoms in total. The number of benzene rings is 1. The Kier molecular flexibility index (Phi) is 4.66. The van der Waals surface area contributed by atoms with Crippen molar-refractivity contribution in [3.63, 3.8) is 0 Å². The molecule has 4 rings (SSSR count). The summed E-state index contributed by atoms with van der Waals surface area (Å²) in [6.07, 6.45) is 5.38. The third-order valence-electron chi connectivity index (χ3n) is 5.57. The van der Waals surface area contributed by atoms with E-state index in [1.807, 2.05) is 29.2 Å². The molecular formula is C18H24ClN3O2. The number of hydrazine groups is 1. The number of halogens is 1. The van der Waals surface area contributed by atoms with Crippen LogP contribution >= 0.6 is 11.6 Å². The topological polar surface area (TPSA) is 53.6 Å². The van der Waals surface area contributed by atoms with Crippen molar-refractivity contribution >= 4 is 17.5 Å². The Bertz CT molecular complexity index is 604. The molecule has 1 aliphatic carbocycles. The average molecular weight is 350 g/mol. The Morgan fingerprint density at radius 3 is 2.71 bits per heavy atom. The first kappa shape index (κ1) is 16.2. The molecule has 1 saturated carbocycles. The molecule has 3 fully saturated rings. The Labute approximate surface area is 147 Å². The SMILES string of the molecule is O=C(C1NNC2CCCC21)N1CCC(Oc2ccccc2Cl)CC1. The average Bonchev–Trinajstić information content (AvgIpc) is 3.20. The van der Waals surface area contributed by atoms with Crippen LogP contribution in [0.15, 0.2) is 24.3 Å². The Morgan fingerprint density at radius 1 is 1.12 bits per heavy atom. The second-order valence-corrected chi connectivity index (χ2v) is 7.45. The van der Waals surface area contributed by atoms with Gasteiger partial charge in [0, 0.05) is 37.9 Å². The molecule has 0 radical (unpaired) electrons. The van der Waals surface area contributed by atoms with Crippen molar-refractivity contribution in [1.29, 1.82) is 0 Å². The van der Waals surface area contributed by atoms with Gasteiger partial charge in [0.2, 0.25) is 5.91 Å². The van der Waals surface area contributed by atoms with Gasteiger partial charge in [-0.25, -0.2) is 5.43 Å². The van der Waals surface area contributed by atoms with Crippen molar-refractivity contribution in [3.05, 3.63) is 29.3 Å².